The van der Waals surface area contributed by atoms with Crippen molar-refractivity contribution in [2.45, 2.75) is 19.3 Å². The van der Waals surface area contributed by atoms with Gasteiger partial charge in [-0.05, 0) is 13.0 Å². The first-order chi connectivity index (χ1) is 9.06. The van der Waals surface area contributed by atoms with Crippen molar-refractivity contribution in [1.29, 1.82) is 0 Å². The molecular weight excluding hydrogens is 252 g/mol. The van der Waals surface area contributed by atoms with Crippen molar-refractivity contribution in [2.24, 2.45) is 0 Å². The van der Waals surface area contributed by atoms with Gasteiger partial charge in [-0.2, -0.15) is 0 Å². The van der Waals surface area contributed by atoms with Gasteiger partial charge in [0.25, 0.3) is 0 Å². The SMILES string of the molecule is CC(O)COC(O)c1ccccc1C(=O)OCCO. The van der Waals surface area contributed by atoms with Crippen LogP contribution in [0.15, 0.2) is 24.3 Å². The van der Waals surface area contributed by atoms with Gasteiger partial charge in [-0.3, -0.25) is 0 Å². The smallest absolute Gasteiger partial charge is 0.338 e. The number of ether oxygens (including phenoxy) is 2. The van der Waals surface area contributed by atoms with Gasteiger partial charge in [0.2, 0.25) is 0 Å². The summed E-state index contributed by atoms with van der Waals surface area (Å²) in [5, 5.41) is 27.5. The van der Waals surface area contributed by atoms with Crippen LogP contribution >= 0.6 is 0 Å². The van der Waals surface area contributed by atoms with E-state index in [9.17, 15) is 9.90 Å². The number of rotatable bonds is 7. The molecule has 6 heteroatoms. The Bertz CT molecular complexity index is 404. The summed E-state index contributed by atoms with van der Waals surface area (Å²) >= 11 is 0. The van der Waals surface area contributed by atoms with Crippen LogP contribution in [0.1, 0.15) is 29.1 Å². The minimum Gasteiger partial charge on any atom is -0.460 e. The second-order valence-corrected chi connectivity index (χ2v) is 3.98. The van der Waals surface area contributed by atoms with Gasteiger partial charge in [0.05, 0.1) is 24.9 Å². The number of aliphatic hydroxyl groups excluding tert-OH is 3. The van der Waals surface area contributed by atoms with Crippen LogP contribution in [0.25, 0.3) is 0 Å². The molecule has 106 valence electrons. The van der Waals surface area contributed by atoms with Crippen molar-refractivity contribution < 1.29 is 29.6 Å². The number of hydrogen-bond acceptors (Lipinski definition) is 6. The molecule has 2 atom stereocenters. The summed E-state index contributed by atoms with van der Waals surface area (Å²) in [4.78, 5) is 11.7. The summed E-state index contributed by atoms with van der Waals surface area (Å²) in [6.45, 7) is 1.09. The third-order valence-corrected chi connectivity index (χ3v) is 2.27. The molecule has 1 aromatic carbocycles. The topological polar surface area (TPSA) is 96.2 Å². The van der Waals surface area contributed by atoms with E-state index in [1.54, 1.807) is 12.1 Å². The molecule has 2 unspecified atom stereocenters. The summed E-state index contributed by atoms with van der Waals surface area (Å²) in [6, 6.07) is 6.29. The van der Waals surface area contributed by atoms with E-state index in [1.165, 1.54) is 19.1 Å². The molecule has 0 heterocycles. The Labute approximate surface area is 111 Å². The average molecular weight is 270 g/mol. The van der Waals surface area contributed by atoms with Crippen LogP contribution in [0, 0.1) is 0 Å². The standard InChI is InChI=1S/C13H18O6/c1-9(15)8-19-13(17)11-5-3-2-4-10(11)12(16)18-7-6-14/h2-5,9,13-15,17H,6-8H2,1H3. The summed E-state index contributed by atoms with van der Waals surface area (Å²) in [5.74, 6) is -0.649. The minimum absolute atomic E-state index is 0.0544. The van der Waals surface area contributed by atoms with Crippen molar-refractivity contribution in [3.05, 3.63) is 35.4 Å². The van der Waals surface area contributed by atoms with Crippen LogP contribution < -0.4 is 0 Å². The molecule has 0 saturated carbocycles. The zero-order chi connectivity index (χ0) is 14.3. The van der Waals surface area contributed by atoms with Crippen molar-refractivity contribution >= 4 is 5.97 Å². The predicted molar refractivity (Wildman–Crippen MR) is 66.4 cm³/mol. The molecule has 0 bridgehead atoms. The number of hydrogen-bond donors (Lipinski definition) is 3. The number of carbonyl (C=O) groups is 1. The second kappa shape index (κ2) is 7.85. The first-order valence-corrected chi connectivity index (χ1v) is 5.91. The number of esters is 1. The Hall–Kier alpha value is -1.47. The fraction of sp³-hybridized carbons (Fsp3) is 0.462. The van der Waals surface area contributed by atoms with Crippen molar-refractivity contribution in [3.8, 4) is 0 Å². The van der Waals surface area contributed by atoms with Gasteiger partial charge in [-0.25, -0.2) is 4.79 Å². The number of benzene rings is 1. The van der Waals surface area contributed by atoms with Crippen molar-refractivity contribution in [2.75, 3.05) is 19.8 Å². The van der Waals surface area contributed by atoms with Crippen LogP contribution in [0.2, 0.25) is 0 Å². The van der Waals surface area contributed by atoms with Gasteiger partial charge in [0.15, 0.2) is 6.29 Å². The van der Waals surface area contributed by atoms with Gasteiger partial charge < -0.3 is 24.8 Å². The summed E-state index contributed by atoms with van der Waals surface area (Å²) in [6.07, 6.45) is -2.05. The first kappa shape index (κ1) is 15.6. The fourth-order valence-electron chi connectivity index (χ4n) is 1.43. The van der Waals surface area contributed by atoms with Gasteiger partial charge in [0.1, 0.15) is 6.61 Å². The maximum absolute atomic E-state index is 11.7. The number of aliphatic hydroxyl groups is 3. The molecule has 0 aliphatic rings. The molecule has 0 aromatic heterocycles. The molecule has 0 aliphatic heterocycles. The quantitative estimate of drug-likeness (QED) is 0.484. The normalized spacial score (nSPS) is 13.9. The van der Waals surface area contributed by atoms with Crippen molar-refractivity contribution in [3.63, 3.8) is 0 Å². The van der Waals surface area contributed by atoms with Crippen LogP contribution in [0.3, 0.4) is 0 Å². The molecular formula is C13H18O6. The van der Waals surface area contributed by atoms with E-state index in [0.717, 1.165) is 0 Å². The van der Waals surface area contributed by atoms with Crippen LogP contribution in [0.5, 0.6) is 0 Å². The fourth-order valence-corrected chi connectivity index (χ4v) is 1.43. The largest absolute Gasteiger partial charge is 0.460 e. The lowest BCUT2D eigenvalue weighted by molar-refractivity contribution is -0.122. The van der Waals surface area contributed by atoms with E-state index in [4.69, 9.17) is 19.7 Å². The van der Waals surface area contributed by atoms with E-state index in [-0.39, 0.29) is 30.9 Å². The molecule has 0 aliphatic carbocycles. The first-order valence-electron chi connectivity index (χ1n) is 5.91. The maximum Gasteiger partial charge on any atom is 0.338 e. The van der Waals surface area contributed by atoms with Crippen LogP contribution in [0.4, 0.5) is 0 Å². The van der Waals surface area contributed by atoms with Gasteiger partial charge in [-0.15, -0.1) is 0 Å². The highest BCUT2D eigenvalue weighted by molar-refractivity contribution is 5.91. The molecule has 19 heavy (non-hydrogen) atoms. The zero-order valence-corrected chi connectivity index (χ0v) is 10.7. The molecule has 3 N–H and O–H groups in total. The molecule has 0 saturated heterocycles. The molecule has 1 rings (SSSR count). The average Bonchev–Trinajstić information content (AvgIpc) is 2.42. The van der Waals surface area contributed by atoms with Crippen molar-refractivity contribution in [1.82, 2.24) is 0 Å². The highest BCUT2D eigenvalue weighted by Crippen LogP contribution is 2.20. The predicted octanol–water partition coefficient (Wildman–Crippen LogP) is 0.224. The van der Waals surface area contributed by atoms with E-state index in [2.05, 4.69) is 0 Å². The van der Waals surface area contributed by atoms with Gasteiger partial charge in [-0.1, -0.05) is 18.2 Å². The highest BCUT2D eigenvalue weighted by Gasteiger charge is 2.18. The van der Waals surface area contributed by atoms with E-state index in [1.807, 2.05) is 0 Å². The zero-order valence-electron chi connectivity index (χ0n) is 10.7. The molecule has 0 amide bonds. The Morgan fingerprint density at radius 2 is 2.00 bits per heavy atom. The second-order valence-electron chi connectivity index (χ2n) is 3.98. The highest BCUT2D eigenvalue weighted by atomic mass is 16.6. The van der Waals surface area contributed by atoms with Gasteiger partial charge >= 0.3 is 5.97 Å². The Morgan fingerprint density at radius 3 is 2.63 bits per heavy atom. The molecule has 6 nitrogen and oxygen atoms in total. The van der Waals surface area contributed by atoms with E-state index in [0.29, 0.717) is 0 Å². The Morgan fingerprint density at radius 1 is 1.32 bits per heavy atom. The molecule has 1 aromatic rings. The molecule has 0 fully saturated rings. The lowest BCUT2D eigenvalue weighted by Crippen LogP contribution is -2.17. The third-order valence-electron chi connectivity index (χ3n) is 2.27. The maximum atomic E-state index is 11.7. The Kier molecular flexibility index (Phi) is 6.44. The Balaban J connectivity index is 2.79. The lowest BCUT2D eigenvalue weighted by atomic mass is 10.1. The number of carbonyl (C=O) groups excluding carboxylic acids is 1. The minimum atomic E-state index is -1.33. The summed E-state index contributed by atoms with van der Waals surface area (Å²) in [5.41, 5.74) is 0.417. The van der Waals surface area contributed by atoms with Crippen LogP contribution in [-0.2, 0) is 9.47 Å². The lowest BCUT2D eigenvalue weighted by Gasteiger charge is -2.16. The third kappa shape index (κ3) is 4.96. The van der Waals surface area contributed by atoms with Gasteiger partial charge in [0, 0.05) is 5.56 Å². The molecule has 0 radical (unpaired) electrons. The van der Waals surface area contributed by atoms with E-state index >= 15 is 0 Å². The van der Waals surface area contributed by atoms with E-state index < -0.39 is 18.4 Å². The summed E-state index contributed by atoms with van der Waals surface area (Å²) < 4.78 is 9.82. The summed E-state index contributed by atoms with van der Waals surface area (Å²) in [7, 11) is 0. The van der Waals surface area contributed by atoms with Crippen LogP contribution in [-0.4, -0.2) is 47.2 Å². The monoisotopic (exact) mass is 270 g/mol. The molecule has 0 spiro atoms.